The lowest BCUT2D eigenvalue weighted by atomic mass is 10.2. The van der Waals surface area contributed by atoms with Crippen LogP contribution in [0.1, 0.15) is 0 Å². The molecule has 7 heteroatoms. The van der Waals surface area contributed by atoms with Gasteiger partial charge in [-0.1, -0.05) is 0 Å². The molecule has 2 N–H and O–H groups in total. The van der Waals surface area contributed by atoms with Gasteiger partial charge in [0.1, 0.15) is 11.3 Å². The molecule has 1 aromatic heterocycles. The minimum absolute atomic E-state index is 0.00423. The number of ether oxygens (including phenoxy) is 1. The van der Waals surface area contributed by atoms with Crippen LogP contribution in [0.25, 0.3) is 16.7 Å². The Morgan fingerprint density at radius 3 is 2.67 bits per heavy atom. The maximum absolute atomic E-state index is 14.1. The smallest absolute Gasteiger partial charge is 0.206 e. The largest absolute Gasteiger partial charge is 0.496 e. The van der Waals surface area contributed by atoms with Crippen LogP contribution in [0.4, 0.5) is 14.7 Å². The quantitative estimate of drug-likeness (QED) is 0.764. The lowest BCUT2D eigenvalue weighted by Gasteiger charge is -2.10. The van der Waals surface area contributed by atoms with E-state index in [9.17, 15) is 8.78 Å². The highest BCUT2D eigenvalue weighted by atomic mass is 79.9. The van der Waals surface area contributed by atoms with Crippen molar-refractivity contribution in [2.75, 3.05) is 12.8 Å². The Bertz CT molecular complexity index is 848. The monoisotopic (exact) mass is 353 g/mol. The predicted octanol–water partition coefficient (Wildman–Crippen LogP) is 3.66. The van der Waals surface area contributed by atoms with Gasteiger partial charge < -0.3 is 10.5 Å². The molecule has 2 aromatic carbocycles. The Kier molecular flexibility index (Phi) is 3.29. The minimum atomic E-state index is -0.983. The fourth-order valence-electron chi connectivity index (χ4n) is 2.18. The molecule has 0 saturated heterocycles. The molecule has 0 radical (unpaired) electrons. The fraction of sp³-hybridized carbons (Fsp3) is 0.0714. The van der Waals surface area contributed by atoms with Crippen molar-refractivity contribution in [3.63, 3.8) is 0 Å². The summed E-state index contributed by atoms with van der Waals surface area (Å²) in [6.45, 7) is 0. The number of hydrogen-bond acceptors (Lipinski definition) is 3. The minimum Gasteiger partial charge on any atom is -0.496 e. The number of anilines is 1. The number of nitrogens with zero attached hydrogens (tertiary/aromatic N) is 2. The third-order valence-electron chi connectivity index (χ3n) is 3.13. The summed E-state index contributed by atoms with van der Waals surface area (Å²) < 4.78 is 34.7. The van der Waals surface area contributed by atoms with Gasteiger partial charge in [0.2, 0.25) is 5.95 Å². The molecule has 0 fully saturated rings. The summed E-state index contributed by atoms with van der Waals surface area (Å²) in [5.41, 5.74) is 6.68. The van der Waals surface area contributed by atoms with Crippen molar-refractivity contribution in [2.45, 2.75) is 0 Å². The molecule has 0 unspecified atom stereocenters. The SMILES string of the molecule is COc1ccc(-n2c(N)nc3ccc(F)c(F)c32)cc1Br. The second kappa shape index (κ2) is 5.00. The molecule has 0 aliphatic rings. The van der Waals surface area contributed by atoms with E-state index in [-0.39, 0.29) is 11.5 Å². The topological polar surface area (TPSA) is 53.1 Å². The third-order valence-corrected chi connectivity index (χ3v) is 3.75. The zero-order chi connectivity index (χ0) is 15.1. The molecule has 3 rings (SSSR count). The first-order chi connectivity index (χ1) is 10.0. The first-order valence-electron chi connectivity index (χ1n) is 5.98. The Morgan fingerprint density at radius 1 is 1.24 bits per heavy atom. The van der Waals surface area contributed by atoms with Crippen LogP contribution in [0.2, 0.25) is 0 Å². The van der Waals surface area contributed by atoms with E-state index in [0.717, 1.165) is 6.07 Å². The molecule has 21 heavy (non-hydrogen) atoms. The number of aromatic nitrogens is 2. The molecule has 0 aliphatic heterocycles. The molecule has 0 spiro atoms. The van der Waals surface area contributed by atoms with Gasteiger partial charge in [0.05, 0.1) is 22.8 Å². The van der Waals surface area contributed by atoms with Crippen LogP contribution in [0, 0.1) is 11.6 Å². The number of methoxy groups -OCH3 is 1. The molecule has 4 nitrogen and oxygen atoms in total. The first kappa shape index (κ1) is 13.8. The molecule has 3 aromatic rings. The van der Waals surface area contributed by atoms with Gasteiger partial charge in [-0.3, -0.25) is 4.57 Å². The summed E-state index contributed by atoms with van der Waals surface area (Å²) >= 11 is 3.35. The summed E-state index contributed by atoms with van der Waals surface area (Å²) in [6.07, 6.45) is 0. The number of nitrogens with two attached hydrogens (primary N) is 1. The molecule has 0 amide bonds. The maximum Gasteiger partial charge on any atom is 0.206 e. The van der Waals surface area contributed by atoms with Crippen molar-refractivity contribution in [3.8, 4) is 11.4 Å². The van der Waals surface area contributed by atoms with Crippen LogP contribution >= 0.6 is 15.9 Å². The number of halogens is 3. The van der Waals surface area contributed by atoms with Crippen molar-refractivity contribution in [2.24, 2.45) is 0 Å². The van der Waals surface area contributed by atoms with Gasteiger partial charge in [-0.15, -0.1) is 0 Å². The van der Waals surface area contributed by atoms with Crippen molar-refractivity contribution < 1.29 is 13.5 Å². The average Bonchev–Trinajstić information content (AvgIpc) is 2.80. The summed E-state index contributed by atoms with van der Waals surface area (Å²) in [5.74, 6) is -1.24. The highest BCUT2D eigenvalue weighted by molar-refractivity contribution is 9.10. The molecule has 0 atom stereocenters. The highest BCUT2D eigenvalue weighted by Crippen LogP contribution is 2.31. The number of fused-ring (bicyclic) bond motifs is 1. The molecule has 0 bridgehead atoms. The van der Waals surface area contributed by atoms with Crippen molar-refractivity contribution in [1.82, 2.24) is 9.55 Å². The van der Waals surface area contributed by atoms with E-state index in [0.29, 0.717) is 21.4 Å². The number of benzene rings is 2. The highest BCUT2D eigenvalue weighted by Gasteiger charge is 2.17. The van der Waals surface area contributed by atoms with Crippen LogP contribution in [-0.4, -0.2) is 16.7 Å². The van der Waals surface area contributed by atoms with Crippen LogP contribution in [0.15, 0.2) is 34.8 Å². The number of nitrogen functional groups attached to an aromatic ring is 1. The lowest BCUT2D eigenvalue weighted by molar-refractivity contribution is 0.412. The Labute approximate surface area is 127 Å². The van der Waals surface area contributed by atoms with E-state index in [1.165, 1.54) is 17.7 Å². The average molecular weight is 354 g/mol. The van der Waals surface area contributed by atoms with Gasteiger partial charge in [0.15, 0.2) is 11.6 Å². The number of imidazole rings is 1. The van der Waals surface area contributed by atoms with Gasteiger partial charge in [0, 0.05) is 0 Å². The van der Waals surface area contributed by atoms with Crippen LogP contribution in [0.3, 0.4) is 0 Å². The van der Waals surface area contributed by atoms with Gasteiger partial charge in [-0.05, 0) is 46.3 Å². The zero-order valence-electron chi connectivity index (χ0n) is 10.9. The van der Waals surface area contributed by atoms with E-state index >= 15 is 0 Å². The predicted molar refractivity (Wildman–Crippen MR) is 79.7 cm³/mol. The van der Waals surface area contributed by atoms with Crippen LogP contribution < -0.4 is 10.5 Å². The second-order valence-electron chi connectivity index (χ2n) is 4.35. The molecule has 0 aliphatic carbocycles. The number of hydrogen-bond donors (Lipinski definition) is 1. The van der Waals surface area contributed by atoms with E-state index in [2.05, 4.69) is 20.9 Å². The maximum atomic E-state index is 14.1. The lowest BCUT2D eigenvalue weighted by Crippen LogP contribution is -2.02. The normalized spacial score (nSPS) is 11.0. The molecular formula is C14H10BrF2N3O. The molecule has 1 heterocycles. The van der Waals surface area contributed by atoms with E-state index in [1.807, 2.05) is 0 Å². The first-order valence-corrected chi connectivity index (χ1v) is 6.78. The van der Waals surface area contributed by atoms with Gasteiger partial charge in [-0.25, -0.2) is 13.8 Å². The summed E-state index contributed by atoms with van der Waals surface area (Å²) in [5, 5.41) is 0. The van der Waals surface area contributed by atoms with Crippen LogP contribution in [-0.2, 0) is 0 Å². The van der Waals surface area contributed by atoms with Gasteiger partial charge in [0.25, 0.3) is 0 Å². The Morgan fingerprint density at radius 2 is 2.00 bits per heavy atom. The summed E-state index contributed by atoms with van der Waals surface area (Å²) in [7, 11) is 1.54. The van der Waals surface area contributed by atoms with E-state index < -0.39 is 11.6 Å². The molecule has 0 saturated carbocycles. The Balaban J connectivity index is 2.32. The van der Waals surface area contributed by atoms with Gasteiger partial charge >= 0.3 is 0 Å². The summed E-state index contributed by atoms with van der Waals surface area (Å²) in [6, 6.07) is 7.49. The third kappa shape index (κ3) is 2.13. The van der Waals surface area contributed by atoms with Crippen molar-refractivity contribution in [3.05, 3.63) is 46.4 Å². The number of rotatable bonds is 2. The fourth-order valence-corrected chi connectivity index (χ4v) is 2.70. The standard InChI is InChI=1S/C14H10BrF2N3O/c1-21-11-5-2-7(6-8(11)15)20-13-10(19-14(20)18)4-3-9(16)12(13)17/h2-6H,1H3,(H2,18,19). The zero-order valence-corrected chi connectivity index (χ0v) is 12.5. The van der Waals surface area contributed by atoms with E-state index in [4.69, 9.17) is 10.5 Å². The molecule has 108 valence electrons. The Hall–Kier alpha value is -2.15. The van der Waals surface area contributed by atoms with E-state index in [1.54, 1.807) is 18.2 Å². The van der Waals surface area contributed by atoms with Crippen molar-refractivity contribution >= 4 is 32.9 Å². The van der Waals surface area contributed by atoms with Crippen molar-refractivity contribution in [1.29, 1.82) is 0 Å². The summed E-state index contributed by atoms with van der Waals surface area (Å²) in [4.78, 5) is 4.05. The molecular weight excluding hydrogens is 344 g/mol. The second-order valence-corrected chi connectivity index (χ2v) is 5.21. The van der Waals surface area contributed by atoms with Gasteiger partial charge in [-0.2, -0.15) is 0 Å². The van der Waals surface area contributed by atoms with Crippen LogP contribution in [0.5, 0.6) is 5.75 Å².